The molecule has 1 saturated heterocycles. The molecule has 1 amide bonds. The Balaban J connectivity index is 1.92. The quantitative estimate of drug-likeness (QED) is 0.740. The number of carbonyl (C=O) groups is 1. The monoisotopic (exact) mass is 331 g/mol. The van der Waals surface area contributed by atoms with Gasteiger partial charge in [-0.05, 0) is 19.4 Å². The van der Waals surface area contributed by atoms with E-state index in [1.54, 1.807) is 13.0 Å². The highest BCUT2D eigenvalue weighted by atomic mass is 16.3. The Morgan fingerprint density at radius 1 is 1.38 bits per heavy atom. The first-order chi connectivity index (χ1) is 11.4. The number of aromatic nitrogens is 4. The minimum Gasteiger partial charge on any atom is -0.388 e. The minimum absolute atomic E-state index is 0.0617. The molecule has 0 bridgehead atoms. The molecule has 9 nitrogen and oxygen atoms in total. The van der Waals surface area contributed by atoms with Crippen LogP contribution in [0.3, 0.4) is 0 Å². The molecule has 1 aliphatic heterocycles. The van der Waals surface area contributed by atoms with Gasteiger partial charge in [-0.25, -0.2) is 14.8 Å². The largest absolute Gasteiger partial charge is 0.388 e. The standard InChI is InChI=1S/C15H17N5O4/c1-15(24)4-8-19(13(22)12-16-5-2-6-17-12)9-10(15)20-7-3-11(21)18-14(20)23/h2-3,5-7,10,24H,4,8-9H2,1H3,(H,18,21,23)/t10-,15-/m1/s1. The summed E-state index contributed by atoms with van der Waals surface area (Å²) in [7, 11) is 0. The van der Waals surface area contributed by atoms with Gasteiger partial charge in [-0.3, -0.25) is 19.1 Å². The van der Waals surface area contributed by atoms with Crippen LogP contribution in [0.25, 0.3) is 0 Å². The summed E-state index contributed by atoms with van der Waals surface area (Å²) in [5.74, 6) is -0.305. The summed E-state index contributed by atoms with van der Waals surface area (Å²) < 4.78 is 1.24. The summed E-state index contributed by atoms with van der Waals surface area (Å²) in [6, 6.07) is 2.13. The Kier molecular flexibility index (Phi) is 4.02. The topological polar surface area (TPSA) is 121 Å². The number of piperidine rings is 1. The van der Waals surface area contributed by atoms with Crippen LogP contribution < -0.4 is 11.2 Å². The van der Waals surface area contributed by atoms with Gasteiger partial charge in [0, 0.05) is 37.7 Å². The van der Waals surface area contributed by atoms with E-state index in [2.05, 4.69) is 15.0 Å². The molecule has 1 fully saturated rings. The molecule has 3 heterocycles. The zero-order valence-electron chi connectivity index (χ0n) is 13.0. The fourth-order valence-corrected chi connectivity index (χ4v) is 2.82. The lowest BCUT2D eigenvalue weighted by molar-refractivity contribution is -0.0461. The number of amides is 1. The van der Waals surface area contributed by atoms with Gasteiger partial charge in [0.05, 0.1) is 11.6 Å². The van der Waals surface area contributed by atoms with Crippen molar-refractivity contribution in [1.29, 1.82) is 0 Å². The van der Waals surface area contributed by atoms with E-state index in [1.807, 2.05) is 0 Å². The number of hydrogen-bond donors (Lipinski definition) is 2. The lowest BCUT2D eigenvalue weighted by Crippen LogP contribution is -2.55. The van der Waals surface area contributed by atoms with Crippen LogP contribution in [0.5, 0.6) is 0 Å². The van der Waals surface area contributed by atoms with Gasteiger partial charge in [-0.15, -0.1) is 0 Å². The third kappa shape index (κ3) is 2.98. The third-order valence-corrected chi connectivity index (χ3v) is 4.23. The lowest BCUT2D eigenvalue weighted by atomic mass is 9.88. The molecule has 2 N–H and O–H groups in total. The number of hydrogen-bond acceptors (Lipinski definition) is 6. The van der Waals surface area contributed by atoms with Crippen molar-refractivity contribution in [3.63, 3.8) is 0 Å². The first-order valence-electron chi connectivity index (χ1n) is 7.48. The number of nitrogens with zero attached hydrogens (tertiary/aromatic N) is 4. The van der Waals surface area contributed by atoms with Crippen molar-refractivity contribution in [2.24, 2.45) is 0 Å². The fourth-order valence-electron chi connectivity index (χ4n) is 2.82. The summed E-state index contributed by atoms with van der Waals surface area (Å²) in [5, 5.41) is 10.6. The Morgan fingerprint density at radius 2 is 2.08 bits per heavy atom. The van der Waals surface area contributed by atoms with Crippen molar-refractivity contribution in [2.75, 3.05) is 13.1 Å². The molecule has 2 aromatic rings. The Hall–Kier alpha value is -2.81. The van der Waals surface area contributed by atoms with Gasteiger partial charge >= 0.3 is 5.69 Å². The van der Waals surface area contributed by atoms with E-state index in [9.17, 15) is 19.5 Å². The molecule has 0 unspecified atom stereocenters. The normalized spacial score (nSPS) is 23.9. The molecule has 2 atom stereocenters. The van der Waals surface area contributed by atoms with E-state index in [1.165, 1.54) is 34.1 Å². The molecule has 0 saturated carbocycles. The van der Waals surface area contributed by atoms with Crippen LogP contribution in [0.2, 0.25) is 0 Å². The van der Waals surface area contributed by atoms with Crippen LogP contribution in [0.1, 0.15) is 30.0 Å². The van der Waals surface area contributed by atoms with E-state index in [0.29, 0.717) is 6.54 Å². The molecule has 0 radical (unpaired) electrons. The second-order valence-corrected chi connectivity index (χ2v) is 5.96. The predicted octanol–water partition coefficient (Wildman–Crippen LogP) is -0.835. The number of aromatic amines is 1. The van der Waals surface area contributed by atoms with Crippen LogP contribution in [-0.2, 0) is 0 Å². The summed E-state index contributed by atoms with van der Waals surface area (Å²) in [4.78, 5) is 47.3. The molecule has 0 aliphatic carbocycles. The number of H-pyrrole nitrogens is 1. The average molecular weight is 331 g/mol. The number of rotatable bonds is 2. The van der Waals surface area contributed by atoms with Crippen LogP contribution in [0.15, 0.2) is 40.3 Å². The van der Waals surface area contributed by atoms with Gasteiger partial charge in [0.1, 0.15) is 0 Å². The second kappa shape index (κ2) is 6.00. The zero-order chi connectivity index (χ0) is 17.3. The molecule has 1 aliphatic rings. The molecular formula is C15H17N5O4. The van der Waals surface area contributed by atoms with E-state index in [0.717, 1.165) is 0 Å². The number of likely N-dealkylation sites (tertiary alicyclic amines) is 1. The molecule has 9 heteroatoms. The van der Waals surface area contributed by atoms with Crippen molar-refractivity contribution in [1.82, 2.24) is 24.4 Å². The van der Waals surface area contributed by atoms with E-state index in [-0.39, 0.29) is 24.7 Å². The molecule has 2 aromatic heterocycles. The summed E-state index contributed by atoms with van der Waals surface area (Å²) in [6.45, 7) is 2.03. The summed E-state index contributed by atoms with van der Waals surface area (Å²) >= 11 is 0. The van der Waals surface area contributed by atoms with Gasteiger partial charge in [-0.2, -0.15) is 0 Å². The minimum atomic E-state index is -1.20. The highest BCUT2D eigenvalue weighted by molar-refractivity contribution is 5.90. The van der Waals surface area contributed by atoms with Gasteiger partial charge < -0.3 is 10.0 Å². The molecular weight excluding hydrogens is 314 g/mol. The van der Waals surface area contributed by atoms with Crippen molar-refractivity contribution < 1.29 is 9.90 Å². The SMILES string of the molecule is C[C@@]1(O)CCN(C(=O)c2ncccn2)C[C@H]1n1ccc(=O)[nH]c1=O. The highest BCUT2D eigenvalue weighted by Gasteiger charge is 2.41. The third-order valence-electron chi connectivity index (χ3n) is 4.23. The van der Waals surface area contributed by atoms with E-state index in [4.69, 9.17) is 0 Å². The van der Waals surface area contributed by atoms with E-state index >= 15 is 0 Å². The first-order valence-corrected chi connectivity index (χ1v) is 7.48. The Bertz CT molecular complexity index is 858. The van der Waals surface area contributed by atoms with Crippen molar-refractivity contribution in [3.8, 4) is 0 Å². The Morgan fingerprint density at radius 3 is 2.75 bits per heavy atom. The second-order valence-electron chi connectivity index (χ2n) is 5.96. The van der Waals surface area contributed by atoms with Gasteiger partial charge in [-0.1, -0.05) is 0 Å². The molecule has 0 spiro atoms. The molecule has 0 aromatic carbocycles. The predicted molar refractivity (Wildman–Crippen MR) is 83.5 cm³/mol. The van der Waals surface area contributed by atoms with Crippen LogP contribution >= 0.6 is 0 Å². The maximum Gasteiger partial charge on any atom is 0.328 e. The molecule has 24 heavy (non-hydrogen) atoms. The Labute approximate surface area is 136 Å². The zero-order valence-corrected chi connectivity index (χ0v) is 13.0. The van der Waals surface area contributed by atoms with Gasteiger partial charge in [0.2, 0.25) is 5.82 Å². The first kappa shape index (κ1) is 16.1. The molecule has 3 rings (SSSR count). The molecule has 126 valence electrons. The highest BCUT2D eigenvalue weighted by Crippen LogP contribution is 2.31. The maximum absolute atomic E-state index is 12.5. The number of nitrogens with one attached hydrogen (secondary N) is 1. The van der Waals surface area contributed by atoms with Crippen LogP contribution in [0.4, 0.5) is 0 Å². The van der Waals surface area contributed by atoms with Crippen molar-refractivity contribution >= 4 is 5.91 Å². The van der Waals surface area contributed by atoms with Gasteiger partial charge in [0.15, 0.2) is 0 Å². The maximum atomic E-state index is 12.5. The fraction of sp³-hybridized carbons (Fsp3) is 0.400. The smallest absolute Gasteiger partial charge is 0.328 e. The number of aliphatic hydroxyl groups is 1. The van der Waals surface area contributed by atoms with E-state index < -0.39 is 22.9 Å². The lowest BCUT2D eigenvalue weighted by Gasteiger charge is -2.42. The summed E-state index contributed by atoms with van der Waals surface area (Å²) in [6.07, 6.45) is 4.56. The van der Waals surface area contributed by atoms with Crippen molar-refractivity contribution in [3.05, 3.63) is 57.4 Å². The van der Waals surface area contributed by atoms with Crippen molar-refractivity contribution in [2.45, 2.75) is 25.0 Å². The summed E-state index contributed by atoms with van der Waals surface area (Å²) in [5.41, 5.74) is -2.34. The van der Waals surface area contributed by atoms with Crippen LogP contribution in [0, 0.1) is 0 Å². The number of carbonyl (C=O) groups excluding carboxylic acids is 1. The van der Waals surface area contributed by atoms with Gasteiger partial charge in [0.25, 0.3) is 11.5 Å². The van der Waals surface area contributed by atoms with Crippen LogP contribution in [-0.4, -0.2) is 54.1 Å². The average Bonchev–Trinajstić information content (AvgIpc) is 2.56.